The zero-order chi connectivity index (χ0) is 17.7. The van der Waals surface area contributed by atoms with Crippen LogP contribution in [-0.4, -0.2) is 38.4 Å². The zero-order valence-electron chi connectivity index (χ0n) is 13.7. The lowest BCUT2D eigenvalue weighted by atomic mass is 10.2. The molecule has 0 aliphatic rings. The number of hydrogen-bond acceptors (Lipinski definition) is 5. The van der Waals surface area contributed by atoms with E-state index in [4.69, 9.17) is 0 Å². The maximum atomic E-state index is 12.3. The number of aromatic nitrogens is 1. The number of amides is 2. The van der Waals surface area contributed by atoms with E-state index in [0.29, 0.717) is 0 Å². The van der Waals surface area contributed by atoms with E-state index in [1.54, 1.807) is 24.2 Å². The highest BCUT2D eigenvalue weighted by atomic mass is 32.2. The molecule has 2 heterocycles. The minimum atomic E-state index is -3.44. The number of sulfonamides is 1. The van der Waals surface area contributed by atoms with Gasteiger partial charge >= 0.3 is 6.03 Å². The van der Waals surface area contributed by atoms with Crippen LogP contribution in [0.15, 0.2) is 40.7 Å². The Kier molecular flexibility index (Phi) is 5.92. The van der Waals surface area contributed by atoms with Crippen molar-refractivity contribution in [3.05, 3.63) is 47.1 Å². The van der Waals surface area contributed by atoms with Crippen molar-refractivity contribution in [3.63, 3.8) is 0 Å². The Hall–Kier alpha value is -1.97. The number of thiophene rings is 1. The largest absolute Gasteiger partial charge is 0.333 e. The lowest BCUT2D eigenvalue weighted by Crippen LogP contribution is -2.38. The van der Waals surface area contributed by atoms with Crippen molar-refractivity contribution in [3.8, 4) is 0 Å². The van der Waals surface area contributed by atoms with Crippen molar-refractivity contribution < 1.29 is 13.2 Å². The van der Waals surface area contributed by atoms with Gasteiger partial charge in [-0.3, -0.25) is 4.98 Å². The first-order valence-corrected chi connectivity index (χ1v) is 9.59. The lowest BCUT2D eigenvalue weighted by molar-refractivity contribution is 0.193. The highest BCUT2D eigenvalue weighted by molar-refractivity contribution is 7.91. The van der Waals surface area contributed by atoms with E-state index in [9.17, 15) is 13.2 Å². The van der Waals surface area contributed by atoms with Crippen molar-refractivity contribution in [2.75, 3.05) is 14.1 Å². The number of carbonyl (C=O) groups excluding carboxylic acids is 1. The summed E-state index contributed by atoms with van der Waals surface area (Å²) in [6.45, 7) is 2.16. The van der Waals surface area contributed by atoms with E-state index in [0.717, 1.165) is 21.9 Å². The second kappa shape index (κ2) is 7.73. The Morgan fingerprint density at radius 1 is 1.33 bits per heavy atom. The third-order valence-corrected chi connectivity index (χ3v) is 6.59. The summed E-state index contributed by atoms with van der Waals surface area (Å²) in [5.74, 6) is 0. The van der Waals surface area contributed by atoms with Gasteiger partial charge in [0.25, 0.3) is 0 Å². The highest BCUT2D eigenvalue weighted by Crippen LogP contribution is 2.21. The van der Waals surface area contributed by atoms with Crippen molar-refractivity contribution in [2.45, 2.75) is 23.7 Å². The molecule has 2 amide bonds. The normalized spacial score (nSPS) is 12.6. The monoisotopic (exact) mass is 368 g/mol. The molecule has 0 fully saturated rings. The maximum Gasteiger partial charge on any atom is 0.317 e. The quantitative estimate of drug-likeness (QED) is 0.815. The molecule has 1 unspecified atom stereocenters. The van der Waals surface area contributed by atoms with Crippen molar-refractivity contribution in [2.24, 2.45) is 0 Å². The molecule has 2 aromatic heterocycles. The fourth-order valence-electron chi connectivity index (χ4n) is 1.98. The van der Waals surface area contributed by atoms with Crippen LogP contribution in [0.2, 0.25) is 0 Å². The lowest BCUT2D eigenvalue weighted by Gasteiger charge is -2.24. The van der Waals surface area contributed by atoms with E-state index in [1.165, 1.54) is 13.1 Å². The SMILES string of the molecule is CNS(=O)(=O)c1ccc(CNC(=O)N(C)C(C)c2ccccn2)s1. The number of nitrogens with one attached hydrogen (secondary N) is 2. The second-order valence-electron chi connectivity index (χ2n) is 5.13. The predicted octanol–water partition coefficient (Wildman–Crippen LogP) is 1.95. The van der Waals surface area contributed by atoms with E-state index < -0.39 is 10.0 Å². The van der Waals surface area contributed by atoms with Gasteiger partial charge in [0.05, 0.1) is 18.3 Å². The van der Waals surface area contributed by atoms with Gasteiger partial charge in [0, 0.05) is 18.1 Å². The Morgan fingerprint density at radius 2 is 2.08 bits per heavy atom. The Labute approximate surface area is 145 Å². The van der Waals surface area contributed by atoms with Crippen molar-refractivity contribution in [1.29, 1.82) is 0 Å². The molecule has 0 aromatic carbocycles. The fourth-order valence-corrected chi connectivity index (χ4v) is 4.12. The van der Waals surface area contributed by atoms with Gasteiger partial charge in [-0.2, -0.15) is 0 Å². The van der Waals surface area contributed by atoms with Crippen LogP contribution in [-0.2, 0) is 16.6 Å². The molecule has 0 spiro atoms. The predicted molar refractivity (Wildman–Crippen MR) is 93.2 cm³/mol. The molecule has 130 valence electrons. The number of urea groups is 1. The number of carbonyl (C=O) groups is 1. The second-order valence-corrected chi connectivity index (χ2v) is 8.41. The first-order chi connectivity index (χ1) is 11.3. The van der Waals surface area contributed by atoms with Crippen LogP contribution in [0.3, 0.4) is 0 Å². The van der Waals surface area contributed by atoms with Gasteiger partial charge in [-0.1, -0.05) is 6.07 Å². The van der Waals surface area contributed by atoms with Crippen LogP contribution in [0.25, 0.3) is 0 Å². The van der Waals surface area contributed by atoms with Crippen LogP contribution in [0, 0.1) is 0 Å². The fraction of sp³-hybridized carbons (Fsp3) is 0.333. The van der Waals surface area contributed by atoms with Crippen LogP contribution in [0.1, 0.15) is 23.5 Å². The Morgan fingerprint density at radius 3 is 2.71 bits per heavy atom. The van der Waals surface area contributed by atoms with Gasteiger partial charge in [-0.25, -0.2) is 17.9 Å². The molecule has 7 nitrogen and oxygen atoms in total. The molecular weight excluding hydrogens is 348 g/mol. The summed E-state index contributed by atoms with van der Waals surface area (Å²) >= 11 is 1.13. The highest BCUT2D eigenvalue weighted by Gasteiger charge is 2.19. The summed E-state index contributed by atoms with van der Waals surface area (Å²) in [4.78, 5) is 18.8. The molecule has 0 aliphatic heterocycles. The molecule has 2 aromatic rings. The molecule has 0 bridgehead atoms. The minimum absolute atomic E-state index is 0.172. The average molecular weight is 368 g/mol. The molecule has 0 radical (unpaired) electrons. The summed E-state index contributed by atoms with van der Waals surface area (Å²) in [5, 5.41) is 2.79. The van der Waals surface area contributed by atoms with Gasteiger partial charge in [-0.05, 0) is 38.2 Å². The number of nitrogens with zero attached hydrogens (tertiary/aromatic N) is 2. The van der Waals surface area contributed by atoms with Crippen LogP contribution < -0.4 is 10.0 Å². The molecule has 0 saturated carbocycles. The van der Waals surface area contributed by atoms with Crippen LogP contribution in [0.4, 0.5) is 4.79 Å². The molecule has 9 heteroatoms. The molecule has 0 saturated heterocycles. The first-order valence-electron chi connectivity index (χ1n) is 7.29. The molecule has 1 atom stereocenters. The van der Waals surface area contributed by atoms with Crippen LogP contribution >= 0.6 is 11.3 Å². The number of pyridine rings is 1. The van der Waals surface area contributed by atoms with E-state index in [-0.39, 0.29) is 22.8 Å². The summed E-state index contributed by atoms with van der Waals surface area (Å²) in [6.07, 6.45) is 1.69. The Bertz CT molecular complexity index is 790. The van der Waals surface area contributed by atoms with Gasteiger partial charge in [0.1, 0.15) is 4.21 Å². The van der Waals surface area contributed by atoms with Gasteiger partial charge in [0.15, 0.2) is 0 Å². The number of rotatable bonds is 6. The summed E-state index contributed by atoms with van der Waals surface area (Å²) in [7, 11) is -0.385. The smallest absolute Gasteiger partial charge is 0.317 e. The van der Waals surface area contributed by atoms with E-state index in [1.807, 2.05) is 25.1 Å². The first kappa shape index (κ1) is 18.4. The van der Waals surface area contributed by atoms with E-state index in [2.05, 4.69) is 15.0 Å². The van der Waals surface area contributed by atoms with Crippen molar-refractivity contribution in [1.82, 2.24) is 19.9 Å². The molecule has 24 heavy (non-hydrogen) atoms. The van der Waals surface area contributed by atoms with Crippen molar-refractivity contribution >= 4 is 27.4 Å². The number of hydrogen-bond donors (Lipinski definition) is 2. The third-order valence-electron chi connectivity index (χ3n) is 3.60. The van der Waals surface area contributed by atoms with Gasteiger partial charge < -0.3 is 10.2 Å². The zero-order valence-corrected chi connectivity index (χ0v) is 15.3. The standard InChI is InChI=1S/C15H20N4O3S2/c1-11(13-6-4-5-9-17-13)19(3)15(20)18-10-12-7-8-14(23-12)24(21,22)16-2/h4-9,11,16H,10H2,1-3H3,(H,18,20). The topological polar surface area (TPSA) is 91.4 Å². The Balaban J connectivity index is 1.96. The average Bonchev–Trinajstić information content (AvgIpc) is 3.09. The molecule has 2 N–H and O–H groups in total. The summed E-state index contributed by atoms with van der Waals surface area (Å²) in [5.41, 5.74) is 0.800. The third kappa shape index (κ3) is 4.31. The molecule has 0 aliphatic carbocycles. The van der Waals surface area contributed by atoms with E-state index >= 15 is 0 Å². The summed E-state index contributed by atoms with van der Waals surface area (Å²) < 4.78 is 25.9. The molecule has 2 rings (SSSR count). The summed E-state index contributed by atoms with van der Waals surface area (Å²) in [6, 6.07) is 8.36. The van der Waals surface area contributed by atoms with Crippen LogP contribution in [0.5, 0.6) is 0 Å². The maximum absolute atomic E-state index is 12.3. The minimum Gasteiger partial charge on any atom is -0.333 e. The van der Waals surface area contributed by atoms with Gasteiger partial charge in [0.2, 0.25) is 10.0 Å². The van der Waals surface area contributed by atoms with Gasteiger partial charge in [-0.15, -0.1) is 11.3 Å². The molecular formula is C15H20N4O3S2.